The van der Waals surface area contributed by atoms with Crippen molar-refractivity contribution in [2.75, 3.05) is 19.7 Å². The molecule has 1 saturated heterocycles. The number of amides is 2. The molecule has 9 heteroatoms. The Balaban J connectivity index is 1.27. The first kappa shape index (κ1) is 25.1. The summed E-state index contributed by atoms with van der Waals surface area (Å²) in [6.45, 7) is 3.87. The third kappa shape index (κ3) is 5.49. The van der Waals surface area contributed by atoms with Crippen molar-refractivity contribution in [3.05, 3.63) is 0 Å². The summed E-state index contributed by atoms with van der Waals surface area (Å²) < 4.78 is 19.4. The number of carbonyl (C=O) groups is 2. The van der Waals surface area contributed by atoms with Gasteiger partial charge in [0.15, 0.2) is 0 Å². The van der Waals surface area contributed by atoms with Gasteiger partial charge in [-0.1, -0.05) is 0 Å². The second-order valence-electron chi connectivity index (χ2n) is 10.9. The van der Waals surface area contributed by atoms with E-state index in [-0.39, 0.29) is 37.0 Å². The number of carbonyl (C=O) groups excluding carboxylic acids is 2. The summed E-state index contributed by atoms with van der Waals surface area (Å²) in [7, 11) is 0. The van der Waals surface area contributed by atoms with E-state index in [1.807, 2.05) is 0 Å². The monoisotopic (exact) mass is 487 g/mol. The lowest BCUT2D eigenvalue weighted by molar-refractivity contribution is -0.157. The zero-order valence-corrected chi connectivity index (χ0v) is 20.3. The zero-order chi connectivity index (χ0) is 23.6. The van der Waals surface area contributed by atoms with Crippen LogP contribution < -0.4 is 16.0 Å². The average Bonchev–Trinajstić information content (AvgIpc) is 2.81. The van der Waals surface area contributed by atoms with Crippen LogP contribution in [0.5, 0.6) is 0 Å². The van der Waals surface area contributed by atoms with Gasteiger partial charge in [-0.2, -0.15) is 0 Å². The van der Waals surface area contributed by atoms with Crippen LogP contribution in [0.4, 0.5) is 4.39 Å². The van der Waals surface area contributed by atoms with Crippen molar-refractivity contribution in [3.8, 4) is 0 Å². The van der Waals surface area contributed by atoms with Crippen molar-refractivity contribution in [2.45, 2.75) is 106 Å². The maximum atomic E-state index is 13.8. The van der Waals surface area contributed by atoms with Gasteiger partial charge in [0.1, 0.15) is 12.8 Å². The predicted octanol–water partition coefficient (Wildman–Crippen LogP) is 2.19. The molecule has 4 N–H and O–H groups in total. The van der Waals surface area contributed by atoms with Crippen LogP contribution in [0.15, 0.2) is 0 Å². The summed E-state index contributed by atoms with van der Waals surface area (Å²) in [4.78, 5) is 25.9. The lowest BCUT2D eigenvalue weighted by Crippen LogP contribution is -2.66. The molecule has 33 heavy (non-hydrogen) atoms. The first-order valence-electron chi connectivity index (χ1n) is 12.6. The summed E-state index contributed by atoms with van der Waals surface area (Å²) in [6.07, 6.45) is 4.25. The Labute approximate surface area is 200 Å². The van der Waals surface area contributed by atoms with Gasteiger partial charge < -0.3 is 25.8 Å². The van der Waals surface area contributed by atoms with E-state index in [4.69, 9.17) is 16.3 Å². The molecule has 0 aromatic carbocycles. The van der Waals surface area contributed by atoms with Gasteiger partial charge in [-0.25, -0.2) is 4.39 Å². The average molecular weight is 488 g/mol. The van der Waals surface area contributed by atoms with E-state index in [0.717, 1.165) is 25.9 Å². The van der Waals surface area contributed by atoms with E-state index in [1.165, 1.54) is 0 Å². The fourth-order valence-corrected chi connectivity index (χ4v) is 6.55. The lowest BCUT2D eigenvalue weighted by atomic mass is 9.55. The molecule has 2 bridgehead atoms. The summed E-state index contributed by atoms with van der Waals surface area (Å²) in [5, 5.41) is 20.2. The molecule has 5 aliphatic rings. The van der Waals surface area contributed by atoms with Gasteiger partial charge in [-0.15, -0.1) is 11.6 Å². The molecule has 4 saturated carbocycles. The number of halogens is 2. The number of ether oxygens (including phenoxy) is 1. The summed E-state index contributed by atoms with van der Waals surface area (Å²) in [5.74, 6) is 0.114. The number of aliphatic hydroxyl groups excluding tert-OH is 1. The number of hydrogen-bond acceptors (Lipinski definition) is 5. The van der Waals surface area contributed by atoms with Crippen LogP contribution >= 0.6 is 11.6 Å². The standard InChI is InChI=1S/C24H39ClFN3O4/c1-15(16-3-2-10-27-13-16)28-22(32)24-8-6-23(7-9-24,12-20(24)30)29-21(31)14-33-17-4-5-18(25)19(26)11-17/h15-20,27,30H,2-14H2,1H3,(H,28,32)(H,29,31). The van der Waals surface area contributed by atoms with Gasteiger partial charge >= 0.3 is 0 Å². The Kier molecular flexibility index (Phi) is 7.88. The minimum Gasteiger partial charge on any atom is -0.392 e. The van der Waals surface area contributed by atoms with Gasteiger partial charge in [-0.3, -0.25) is 9.59 Å². The molecule has 5 rings (SSSR count). The Hall–Kier alpha value is -0.960. The molecule has 6 atom stereocenters. The highest BCUT2D eigenvalue weighted by molar-refractivity contribution is 6.21. The Morgan fingerprint density at radius 1 is 1.24 bits per heavy atom. The first-order chi connectivity index (χ1) is 15.7. The predicted molar refractivity (Wildman–Crippen MR) is 124 cm³/mol. The minimum absolute atomic E-state index is 0.0493. The molecule has 5 fully saturated rings. The largest absolute Gasteiger partial charge is 0.392 e. The fourth-order valence-electron chi connectivity index (χ4n) is 6.33. The molecular weight excluding hydrogens is 449 g/mol. The van der Waals surface area contributed by atoms with Crippen LogP contribution in [0.1, 0.15) is 71.1 Å². The number of fused-ring (bicyclic) bond motifs is 3. The van der Waals surface area contributed by atoms with E-state index in [1.54, 1.807) is 0 Å². The molecule has 7 nitrogen and oxygen atoms in total. The highest BCUT2D eigenvalue weighted by Gasteiger charge is 2.58. The van der Waals surface area contributed by atoms with Crippen LogP contribution in [0.3, 0.4) is 0 Å². The third-order valence-corrected chi connectivity index (χ3v) is 9.17. The van der Waals surface area contributed by atoms with Gasteiger partial charge in [0.05, 0.1) is 23.0 Å². The second-order valence-corrected chi connectivity index (χ2v) is 11.4. The third-order valence-electron chi connectivity index (χ3n) is 8.67. The summed E-state index contributed by atoms with van der Waals surface area (Å²) in [6, 6.07) is 0.0649. The maximum Gasteiger partial charge on any atom is 0.246 e. The highest BCUT2D eigenvalue weighted by Crippen LogP contribution is 2.52. The number of piperidine rings is 1. The smallest absolute Gasteiger partial charge is 0.246 e. The Bertz CT molecular complexity index is 712. The quantitative estimate of drug-likeness (QED) is 0.412. The lowest BCUT2D eigenvalue weighted by Gasteiger charge is -2.55. The topological polar surface area (TPSA) is 99.7 Å². The minimum atomic E-state index is -1.10. The van der Waals surface area contributed by atoms with E-state index in [2.05, 4.69) is 22.9 Å². The number of hydrogen-bond donors (Lipinski definition) is 4. The molecule has 1 heterocycles. The number of nitrogens with one attached hydrogen (secondary N) is 3. The van der Waals surface area contributed by atoms with E-state index in [9.17, 15) is 19.1 Å². The van der Waals surface area contributed by atoms with Gasteiger partial charge in [0.25, 0.3) is 0 Å². The van der Waals surface area contributed by atoms with Crippen molar-refractivity contribution in [2.24, 2.45) is 11.3 Å². The number of aliphatic hydroxyl groups is 1. The van der Waals surface area contributed by atoms with Crippen LogP contribution in [-0.2, 0) is 14.3 Å². The van der Waals surface area contributed by atoms with Crippen LogP contribution in [-0.4, -0.2) is 72.0 Å². The second kappa shape index (κ2) is 10.3. The summed E-state index contributed by atoms with van der Waals surface area (Å²) in [5.41, 5.74) is -1.27. The van der Waals surface area contributed by atoms with Crippen LogP contribution in [0.25, 0.3) is 0 Å². The van der Waals surface area contributed by atoms with Crippen molar-refractivity contribution in [1.82, 2.24) is 16.0 Å². The molecule has 0 aromatic rings. The van der Waals surface area contributed by atoms with E-state index in [0.29, 0.717) is 50.9 Å². The van der Waals surface area contributed by atoms with Crippen molar-refractivity contribution < 1.29 is 23.8 Å². The highest BCUT2D eigenvalue weighted by atomic mass is 35.5. The normalized spacial score (nSPS) is 41.9. The fraction of sp³-hybridized carbons (Fsp3) is 0.917. The summed E-state index contributed by atoms with van der Waals surface area (Å²) >= 11 is 5.92. The first-order valence-corrected chi connectivity index (χ1v) is 13.1. The Morgan fingerprint density at radius 3 is 2.64 bits per heavy atom. The van der Waals surface area contributed by atoms with Gasteiger partial charge in [0.2, 0.25) is 11.8 Å². The molecule has 1 aliphatic heterocycles. The maximum absolute atomic E-state index is 13.8. The van der Waals surface area contributed by atoms with Crippen LogP contribution in [0.2, 0.25) is 0 Å². The molecular formula is C24H39ClFN3O4. The molecule has 0 radical (unpaired) electrons. The molecule has 0 spiro atoms. The molecule has 6 unspecified atom stereocenters. The van der Waals surface area contributed by atoms with Crippen molar-refractivity contribution >= 4 is 23.4 Å². The SMILES string of the molecule is CC(NC(=O)C12CCC(NC(=O)COC3CCC(Cl)C(F)C3)(CC1)CC2O)C1CCCNC1. The zero-order valence-electron chi connectivity index (χ0n) is 19.6. The van der Waals surface area contributed by atoms with Gasteiger partial charge in [0, 0.05) is 18.0 Å². The molecule has 188 valence electrons. The van der Waals surface area contributed by atoms with E-state index >= 15 is 0 Å². The van der Waals surface area contributed by atoms with Crippen LogP contribution in [0, 0.1) is 11.3 Å². The molecule has 0 aromatic heterocycles. The molecule has 2 amide bonds. The molecule has 4 aliphatic carbocycles. The van der Waals surface area contributed by atoms with Gasteiger partial charge in [-0.05, 0) is 83.7 Å². The van der Waals surface area contributed by atoms with Crippen molar-refractivity contribution in [3.63, 3.8) is 0 Å². The number of rotatable bonds is 7. The number of alkyl halides is 2. The van der Waals surface area contributed by atoms with Crippen molar-refractivity contribution in [1.29, 1.82) is 0 Å². The van der Waals surface area contributed by atoms with E-state index < -0.39 is 28.6 Å². The Morgan fingerprint density at radius 2 is 2.00 bits per heavy atom.